The number of nitrogens with one attached hydrogen (secondary N) is 1. The van der Waals surface area contributed by atoms with Gasteiger partial charge in [-0.25, -0.2) is 16.8 Å². The standard InChI is InChI=1S/C24H26N2O5S2/c1-17-6-10-21(11-7-17)33(29,30)26-14-4-5-19-8-9-20(16-23(19)26)25-32(27,28)22-12-13-24(31-3)18(2)15-22/h6-13,15-16,25H,4-5,14H2,1-3H3. The third-order valence-corrected chi connectivity index (χ3v) is 8.91. The molecule has 33 heavy (non-hydrogen) atoms. The van der Waals surface area contributed by atoms with Crippen molar-refractivity contribution >= 4 is 31.4 Å². The normalized spacial score (nSPS) is 14.0. The van der Waals surface area contributed by atoms with E-state index in [1.165, 1.54) is 23.5 Å². The number of nitrogens with zero attached hydrogens (tertiary/aromatic N) is 1. The van der Waals surface area contributed by atoms with Gasteiger partial charge in [-0.15, -0.1) is 0 Å². The summed E-state index contributed by atoms with van der Waals surface area (Å²) >= 11 is 0. The molecule has 0 saturated heterocycles. The van der Waals surface area contributed by atoms with Gasteiger partial charge < -0.3 is 4.74 Å². The molecule has 0 aliphatic carbocycles. The maximum Gasteiger partial charge on any atom is 0.264 e. The Labute approximate surface area is 195 Å². The number of anilines is 2. The lowest BCUT2D eigenvalue weighted by Crippen LogP contribution is -2.35. The maximum absolute atomic E-state index is 13.4. The van der Waals surface area contributed by atoms with Gasteiger partial charge >= 0.3 is 0 Å². The molecule has 0 aromatic heterocycles. The summed E-state index contributed by atoms with van der Waals surface area (Å²) in [5.41, 5.74) is 3.32. The molecule has 0 unspecified atom stereocenters. The number of hydrogen-bond donors (Lipinski definition) is 1. The van der Waals surface area contributed by atoms with Crippen LogP contribution in [0.3, 0.4) is 0 Å². The van der Waals surface area contributed by atoms with Gasteiger partial charge in [-0.3, -0.25) is 9.03 Å². The zero-order valence-electron chi connectivity index (χ0n) is 18.7. The summed E-state index contributed by atoms with van der Waals surface area (Å²) in [5.74, 6) is 0.597. The summed E-state index contributed by atoms with van der Waals surface area (Å²) in [6.07, 6.45) is 1.41. The minimum atomic E-state index is -3.87. The fourth-order valence-electron chi connectivity index (χ4n) is 3.92. The number of benzene rings is 3. The Hall–Kier alpha value is -3.04. The summed E-state index contributed by atoms with van der Waals surface area (Å²) in [6.45, 7) is 4.00. The number of hydrogen-bond acceptors (Lipinski definition) is 5. The van der Waals surface area contributed by atoms with Crippen molar-refractivity contribution in [3.63, 3.8) is 0 Å². The van der Waals surface area contributed by atoms with Crippen molar-refractivity contribution in [3.8, 4) is 5.75 Å². The first-order valence-corrected chi connectivity index (χ1v) is 13.4. The molecule has 3 aromatic carbocycles. The van der Waals surface area contributed by atoms with Crippen LogP contribution in [-0.2, 0) is 26.5 Å². The fourth-order valence-corrected chi connectivity index (χ4v) is 6.59. The van der Waals surface area contributed by atoms with Gasteiger partial charge in [0.15, 0.2) is 0 Å². The molecule has 0 bridgehead atoms. The van der Waals surface area contributed by atoms with Crippen molar-refractivity contribution in [2.75, 3.05) is 22.7 Å². The lowest BCUT2D eigenvalue weighted by atomic mass is 10.0. The Morgan fingerprint density at radius 1 is 0.879 bits per heavy atom. The molecular weight excluding hydrogens is 460 g/mol. The van der Waals surface area contributed by atoms with Gasteiger partial charge in [0, 0.05) is 6.54 Å². The molecule has 9 heteroatoms. The van der Waals surface area contributed by atoms with Gasteiger partial charge in [0.25, 0.3) is 20.0 Å². The van der Waals surface area contributed by atoms with Crippen molar-refractivity contribution < 1.29 is 21.6 Å². The minimum absolute atomic E-state index is 0.0997. The SMILES string of the molecule is COc1ccc(S(=O)(=O)Nc2ccc3c(c2)N(S(=O)(=O)c2ccc(C)cc2)CCC3)cc1C. The van der Waals surface area contributed by atoms with Crippen LogP contribution in [0.1, 0.15) is 23.1 Å². The van der Waals surface area contributed by atoms with E-state index in [0.717, 1.165) is 17.5 Å². The topological polar surface area (TPSA) is 92.8 Å². The first-order valence-electron chi connectivity index (χ1n) is 10.5. The fraction of sp³-hybridized carbons (Fsp3) is 0.250. The second-order valence-corrected chi connectivity index (χ2v) is 11.6. The second-order valence-electron chi connectivity index (χ2n) is 8.07. The van der Waals surface area contributed by atoms with E-state index < -0.39 is 20.0 Å². The van der Waals surface area contributed by atoms with Crippen LogP contribution in [0.2, 0.25) is 0 Å². The molecule has 0 saturated carbocycles. The highest BCUT2D eigenvalue weighted by Crippen LogP contribution is 2.35. The van der Waals surface area contributed by atoms with Crippen LogP contribution >= 0.6 is 0 Å². The maximum atomic E-state index is 13.4. The van der Waals surface area contributed by atoms with Crippen LogP contribution < -0.4 is 13.8 Å². The van der Waals surface area contributed by atoms with Gasteiger partial charge in [0.05, 0.1) is 28.3 Å². The van der Waals surface area contributed by atoms with E-state index >= 15 is 0 Å². The summed E-state index contributed by atoms with van der Waals surface area (Å²) in [6, 6.07) is 16.4. The predicted molar refractivity (Wildman–Crippen MR) is 129 cm³/mol. The summed E-state index contributed by atoms with van der Waals surface area (Å²) in [4.78, 5) is 0.309. The van der Waals surface area contributed by atoms with Crippen molar-refractivity contribution in [1.82, 2.24) is 0 Å². The molecule has 1 aliphatic heterocycles. The molecule has 1 aliphatic rings. The Balaban J connectivity index is 1.68. The smallest absolute Gasteiger partial charge is 0.264 e. The van der Waals surface area contributed by atoms with Crippen molar-refractivity contribution in [2.24, 2.45) is 0 Å². The zero-order chi connectivity index (χ0) is 23.8. The van der Waals surface area contributed by atoms with Crippen LogP contribution in [0.15, 0.2) is 70.5 Å². The highest BCUT2D eigenvalue weighted by molar-refractivity contribution is 7.93. The van der Waals surface area contributed by atoms with Gasteiger partial charge in [-0.1, -0.05) is 23.8 Å². The summed E-state index contributed by atoms with van der Waals surface area (Å²) in [7, 11) is -6.12. The highest BCUT2D eigenvalue weighted by atomic mass is 32.2. The monoisotopic (exact) mass is 486 g/mol. The molecule has 0 amide bonds. The zero-order valence-corrected chi connectivity index (χ0v) is 20.3. The van der Waals surface area contributed by atoms with Crippen LogP contribution in [0.4, 0.5) is 11.4 Å². The van der Waals surface area contributed by atoms with E-state index in [1.807, 2.05) is 6.92 Å². The molecule has 1 N–H and O–H groups in total. The van der Waals surface area contributed by atoms with E-state index in [-0.39, 0.29) is 9.79 Å². The third kappa shape index (κ3) is 4.56. The lowest BCUT2D eigenvalue weighted by Gasteiger charge is -2.31. The van der Waals surface area contributed by atoms with Crippen molar-refractivity contribution in [1.29, 1.82) is 0 Å². The van der Waals surface area contributed by atoms with Crippen LogP contribution in [0.5, 0.6) is 5.75 Å². The van der Waals surface area contributed by atoms with Crippen LogP contribution in [0.25, 0.3) is 0 Å². The average Bonchev–Trinajstić information content (AvgIpc) is 2.78. The second kappa shape index (κ2) is 8.72. The van der Waals surface area contributed by atoms with E-state index in [4.69, 9.17) is 4.74 Å². The van der Waals surface area contributed by atoms with Gasteiger partial charge in [-0.2, -0.15) is 0 Å². The Kier molecular flexibility index (Phi) is 6.11. The molecular formula is C24H26N2O5S2. The average molecular weight is 487 g/mol. The van der Waals surface area contributed by atoms with Crippen LogP contribution in [-0.4, -0.2) is 30.5 Å². The number of methoxy groups -OCH3 is 1. The van der Waals surface area contributed by atoms with E-state index in [0.29, 0.717) is 35.7 Å². The molecule has 7 nitrogen and oxygen atoms in total. The van der Waals surface area contributed by atoms with E-state index in [1.54, 1.807) is 55.5 Å². The Morgan fingerprint density at radius 2 is 1.58 bits per heavy atom. The highest BCUT2D eigenvalue weighted by Gasteiger charge is 2.29. The lowest BCUT2D eigenvalue weighted by molar-refractivity contribution is 0.411. The van der Waals surface area contributed by atoms with E-state index in [2.05, 4.69) is 4.72 Å². The third-order valence-electron chi connectivity index (χ3n) is 5.70. The summed E-state index contributed by atoms with van der Waals surface area (Å²) < 4.78 is 61.8. The molecule has 0 fully saturated rings. The summed E-state index contributed by atoms with van der Waals surface area (Å²) in [5, 5.41) is 0. The Morgan fingerprint density at radius 3 is 2.24 bits per heavy atom. The molecule has 1 heterocycles. The first-order chi connectivity index (χ1) is 15.6. The molecule has 0 radical (unpaired) electrons. The van der Waals surface area contributed by atoms with Crippen LogP contribution in [0, 0.1) is 13.8 Å². The Bertz CT molecular complexity index is 1400. The number of sulfonamides is 2. The van der Waals surface area contributed by atoms with Crippen molar-refractivity contribution in [3.05, 3.63) is 77.4 Å². The minimum Gasteiger partial charge on any atom is -0.496 e. The van der Waals surface area contributed by atoms with Gasteiger partial charge in [-0.05, 0) is 80.3 Å². The number of ether oxygens (including phenoxy) is 1. The molecule has 174 valence electrons. The number of fused-ring (bicyclic) bond motifs is 1. The number of rotatable bonds is 6. The molecule has 0 atom stereocenters. The number of aryl methyl sites for hydroxylation is 3. The quantitative estimate of drug-likeness (QED) is 0.562. The molecule has 0 spiro atoms. The van der Waals surface area contributed by atoms with Crippen molar-refractivity contribution in [2.45, 2.75) is 36.5 Å². The van der Waals surface area contributed by atoms with Gasteiger partial charge in [0.1, 0.15) is 5.75 Å². The van der Waals surface area contributed by atoms with E-state index in [9.17, 15) is 16.8 Å². The molecule has 3 aromatic rings. The molecule has 4 rings (SSSR count). The first kappa shape index (κ1) is 23.1. The predicted octanol–water partition coefficient (Wildman–Crippen LogP) is 4.25. The largest absolute Gasteiger partial charge is 0.496 e. The van der Waals surface area contributed by atoms with Gasteiger partial charge in [0.2, 0.25) is 0 Å².